The maximum absolute atomic E-state index is 12.3. The lowest BCUT2D eigenvalue weighted by atomic mass is 9.80. The Kier molecular flexibility index (Phi) is 5.18. The number of methoxy groups -OCH3 is 1. The van der Waals surface area contributed by atoms with Crippen molar-refractivity contribution in [2.24, 2.45) is 0 Å². The van der Waals surface area contributed by atoms with Crippen molar-refractivity contribution in [2.75, 3.05) is 13.7 Å². The van der Waals surface area contributed by atoms with Crippen molar-refractivity contribution in [1.29, 1.82) is 0 Å². The molecule has 2 rings (SSSR count). The Morgan fingerprint density at radius 3 is 2.70 bits per heavy atom. The molecule has 0 spiro atoms. The quantitative estimate of drug-likeness (QED) is 0.835. The maximum Gasteiger partial charge on any atom is 0.387 e. The van der Waals surface area contributed by atoms with Gasteiger partial charge in [0.1, 0.15) is 5.75 Å². The second kappa shape index (κ2) is 6.70. The van der Waals surface area contributed by atoms with Gasteiger partial charge in [-0.3, -0.25) is 0 Å². The van der Waals surface area contributed by atoms with Crippen LogP contribution in [0.1, 0.15) is 24.8 Å². The summed E-state index contributed by atoms with van der Waals surface area (Å²) in [6.45, 7) is -1.75. The predicted molar refractivity (Wildman–Crippen MR) is 73.4 cm³/mol. The molecule has 0 saturated heterocycles. The molecular formula is C14H18ClF2NO2. The highest BCUT2D eigenvalue weighted by Gasteiger charge is 2.36. The molecule has 0 amide bonds. The van der Waals surface area contributed by atoms with Gasteiger partial charge in [0.15, 0.2) is 0 Å². The molecule has 1 aliphatic carbocycles. The Morgan fingerprint density at radius 1 is 1.40 bits per heavy atom. The number of halogens is 3. The lowest BCUT2D eigenvalue weighted by molar-refractivity contribution is -0.0698. The van der Waals surface area contributed by atoms with Gasteiger partial charge in [-0.2, -0.15) is 8.78 Å². The van der Waals surface area contributed by atoms with Crippen molar-refractivity contribution < 1.29 is 18.3 Å². The Labute approximate surface area is 122 Å². The molecule has 1 aliphatic rings. The van der Waals surface area contributed by atoms with Crippen LogP contribution in [-0.2, 0) is 11.3 Å². The molecule has 0 heterocycles. The van der Waals surface area contributed by atoms with Gasteiger partial charge in [-0.15, -0.1) is 0 Å². The minimum absolute atomic E-state index is 0.109. The van der Waals surface area contributed by atoms with Crippen molar-refractivity contribution in [2.45, 2.75) is 38.0 Å². The molecule has 1 N–H and O–H groups in total. The van der Waals surface area contributed by atoms with Crippen LogP contribution in [0.15, 0.2) is 18.2 Å². The second-order valence-electron chi connectivity index (χ2n) is 4.97. The first kappa shape index (κ1) is 15.5. The van der Waals surface area contributed by atoms with E-state index in [2.05, 4.69) is 10.1 Å². The molecule has 0 atom stereocenters. The normalized spacial score (nSPS) is 17.1. The fourth-order valence-corrected chi connectivity index (χ4v) is 2.54. The summed E-state index contributed by atoms with van der Waals surface area (Å²) in [5.74, 6) is 0.150. The molecule has 1 saturated carbocycles. The van der Waals surface area contributed by atoms with Crippen LogP contribution in [0.2, 0.25) is 5.02 Å². The van der Waals surface area contributed by atoms with Gasteiger partial charge in [-0.05, 0) is 37.5 Å². The summed E-state index contributed by atoms with van der Waals surface area (Å²) < 4.78 is 34.6. The first-order valence-electron chi connectivity index (χ1n) is 6.54. The highest BCUT2D eigenvalue weighted by molar-refractivity contribution is 6.30. The number of ether oxygens (including phenoxy) is 2. The van der Waals surface area contributed by atoms with Crippen LogP contribution in [0.5, 0.6) is 5.75 Å². The zero-order valence-corrected chi connectivity index (χ0v) is 12.1. The molecule has 0 aliphatic heterocycles. The first-order valence-corrected chi connectivity index (χ1v) is 6.91. The van der Waals surface area contributed by atoms with Gasteiger partial charge in [0.2, 0.25) is 0 Å². The van der Waals surface area contributed by atoms with Crippen LogP contribution < -0.4 is 10.1 Å². The average molecular weight is 306 g/mol. The first-order chi connectivity index (χ1) is 9.54. The van der Waals surface area contributed by atoms with Crippen LogP contribution in [0, 0.1) is 0 Å². The fourth-order valence-electron chi connectivity index (χ4n) is 2.35. The summed E-state index contributed by atoms with van der Waals surface area (Å²) in [5.41, 5.74) is 0.505. The van der Waals surface area contributed by atoms with E-state index >= 15 is 0 Å². The molecule has 0 bridgehead atoms. The van der Waals surface area contributed by atoms with Gasteiger partial charge in [0.25, 0.3) is 0 Å². The number of benzene rings is 1. The van der Waals surface area contributed by atoms with E-state index in [4.69, 9.17) is 16.3 Å². The molecular weight excluding hydrogens is 288 g/mol. The third-order valence-corrected chi connectivity index (χ3v) is 3.93. The molecule has 1 aromatic rings. The molecule has 1 aromatic carbocycles. The molecule has 6 heteroatoms. The zero-order valence-electron chi connectivity index (χ0n) is 11.3. The van der Waals surface area contributed by atoms with E-state index in [1.165, 1.54) is 12.1 Å². The highest BCUT2D eigenvalue weighted by Crippen LogP contribution is 2.34. The van der Waals surface area contributed by atoms with Crippen LogP contribution in [-0.4, -0.2) is 25.9 Å². The maximum atomic E-state index is 12.3. The minimum atomic E-state index is -2.84. The molecule has 0 aromatic heterocycles. The summed E-state index contributed by atoms with van der Waals surface area (Å²) in [5, 5.41) is 3.72. The Hall–Kier alpha value is -0.910. The lowest BCUT2D eigenvalue weighted by Gasteiger charge is -2.40. The molecule has 0 radical (unpaired) electrons. The van der Waals surface area contributed by atoms with E-state index in [1.54, 1.807) is 13.2 Å². The van der Waals surface area contributed by atoms with Gasteiger partial charge in [0, 0.05) is 30.8 Å². The summed E-state index contributed by atoms with van der Waals surface area (Å²) >= 11 is 5.89. The molecule has 3 nitrogen and oxygen atoms in total. The van der Waals surface area contributed by atoms with Gasteiger partial charge >= 0.3 is 6.61 Å². The summed E-state index contributed by atoms with van der Waals surface area (Å²) in [4.78, 5) is 0. The van der Waals surface area contributed by atoms with Crippen molar-refractivity contribution >= 4 is 11.6 Å². The second-order valence-corrected chi connectivity index (χ2v) is 5.41. The number of rotatable bonds is 7. The minimum Gasteiger partial charge on any atom is -0.434 e. The van der Waals surface area contributed by atoms with E-state index in [-0.39, 0.29) is 11.4 Å². The third-order valence-electron chi connectivity index (χ3n) is 3.70. The number of hydrogen-bond acceptors (Lipinski definition) is 3. The van der Waals surface area contributed by atoms with Crippen LogP contribution >= 0.6 is 11.6 Å². The largest absolute Gasteiger partial charge is 0.434 e. The average Bonchev–Trinajstić information content (AvgIpc) is 2.35. The number of alkyl halides is 2. The van der Waals surface area contributed by atoms with Gasteiger partial charge in [0.05, 0.1) is 5.60 Å². The standard InChI is InChI=1S/C14H18ClF2NO2/c1-19-14(5-2-6-14)9-18-8-10-7-11(15)3-4-12(10)20-13(16)17/h3-4,7,13,18H,2,5-6,8-9H2,1H3. The predicted octanol–water partition coefficient (Wildman–Crippen LogP) is 3.60. The van der Waals surface area contributed by atoms with E-state index in [0.29, 0.717) is 23.7 Å². The summed E-state index contributed by atoms with van der Waals surface area (Å²) in [6, 6.07) is 4.62. The van der Waals surface area contributed by atoms with Crippen molar-refractivity contribution in [3.63, 3.8) is 0 Å². The van der Waals surface area contributed by atoms with Crippen LogP contribution in [0.4, 0.5) is 8.78 Å². The fraction of sp³-hybridized carbons (Fsp3) is 0.571. The number of hydrogen-bond donors (Lipinski definition) is 1. The molecule has 112 valence electrons. The lowest BCUT2D eigenvalue weighted by Crippen LogP contribution is -2.47. The van der Waals surface area contributed by atoms with Crippen molar-refractivity contribution in [1.82, 2.24) is 5.32 Å². The SMILES string of the molecule is COC1(CNCc2cc(Cl)ccc2OC(F)F)CCC1. The van der Waals surface area contributed by atoms with Crippen LogP contribution in [0.3, 0.4) is 0 Å². The molecule has 0 unspecified atom stereocenters. The Morgan fingerprint density at radius 2 is 2.15 bits per heavy atom. The highest BCUT2D eigenvalue weighted by atomic mass is 35.5. The third kappa shape index (κ3) is 3.81. The molecule has 1 fully saturated rings. The van der Waals surface area contributed by atoms with Gasteiger partial charge < -0.3 is 14.8 Å². The smallest absolute Gasteiger partial charge is 0.387 e. The number of nitrogens with one attached hydrogen (secondary N) is 1. The van der Waals surface area contributed by atoms with Gasteiger partial charge in [-0.25, -0.2) is 0 Å². The summed E-state index contributed by atoms with van der Waals surface area (Å²) in [7, 11) is 1.70. The van der Waals surface area contributed by atoms with E-state index in [1.807, 2.05) is 0 Å². The Bertz CT molecular complexity index is 447. The van der Waals surface area contributed by atoms with Crippen molar-refractivity contribution in [3.8, 4) is 5.75 Å². The topological polar surface area (TPSA) is 30.5 Å². The van der Waals surface area contributed by atoms with Gasteiger partial charge in [-0.1, -0.05) is 11.6 Å². The zero-order chi connectivity index (χ0) is 14.6. The summed E-state index contributed by atoms with van der Waals surface area (Å²) in [6.07, 6.45) is 3.20. The Balaban J connectivity index is 1.95. The van der Waals surface area contributed by atoms with Crippen molar-refractivity contribution in [3.05, 3.63) is 28.8 Å². The molecule has 20 heavy (non-hydrogen) atoms. The van der Waals surface area contributed by atoms with Crippen LogP contribution in [0.25, 0.3) is 0 Å². The van der Waals surface area contributed by atoms with E-state index in [0.717, 1.165) is 19.3 Å². The van der Waals surface area contributed by atoms with E-state index in [9.17, 15) is 8.78 Å². The monoisotopic (exact) mass is 305 g/mol. The van der Waals surface area contributed by atoms with E-state index < -0.39 is 6.61 Å².